The summed E-state index contributed by atoms with van der Waals surface area (Å²) in [5, 5.41) is 48.7. The number of aromatic nitrogens is 1. The number of ether oxygens (including phenoxy) is 8. The molecule has 4 aliphatic rings. The standard InChI is InChI=1S/C57H89N3O17S/c1-16-41-57(11,69)49(65)32(5)45(62)29(2)26-55(9,70-14)50(77-54-47(64)40(59(12)13)23-31(4)72-54)33(6)48(34(7)53(68)74-41)76-43-27-56(10,71-15)51(35(8)73-43)75-42(61)19-20-58-21-22-78-37-24-36-18-17-30(3)60-28-39(52(66)67)46(63)38(25-37)44(36)60/h24-25,28-35,40-41,43,47-51,54,58,64-65,69H,16-23,26-27H2,1-15H3,(H,66,67)/t29-,30+,31+,32+,33+,34-,35+,40-,41-,43+,47+,48+,49-,50-,51+,54-,55-,56-,57-/m1/s1. The van der Waals surface area contributed by atoms with Crippen molar-refractivity contribution in [2.75, 3.05) is 47.2 Å². The van der Waals surface area contributed by atoms with Crippen LogP contribution in [0.4, 0.5) is 0 Å². The Morgan fingerprint density at radius 2 is 1.58 bits per heavy atom. The summed E-state index contributed by atoms with van der Waals surface area (Å²) < 4.78 is 53.3. The minimum atomic E-state index is -2.03. The molecule has 0 saturated carbocycles. The molecule has 440 valence electrons. The molecule has 78 heavy (non-hydrogen) atoms. The summed E-state index contributed by atoms with van der Waals surface area (Å²) in [6.07, 6.45) is -6.51. The molecular formula is C57H89N3O17S. The van der Waals surface area contributed by atoms with Crippen molar-refractivity contribution >= 4 is 46.4 Å². The van der Waals surface area contributed by atoms with Gasteiger partial charge in [0.25, 0.3) is 0 Å². The number of likely N-dealkylation sites (N-methyl/N-ethyl adjacent to an activating group) is 1. The number of thioether (sulfide) groups is 1. The first-order valence-electron chi connectivity index (χ1n) is 27.7. The van der Waals surface area contributed by atoms with Crippen molar-refractivity contribution in [3.63, 3.8) is 0 Å². The number of benzene rings is 1. The van der Waals surface area contributed by atoms with Crippen LogP contribution in [-0.2, 0) is 58.7 Å². The summed E-state index contributed by atoms with van der Waals surface area (Å²) in [5.74, 6) is -5.97. The molecule has 1 aromatic heterocycles. The van der Waals surface area contributed by atoms with E-state index in [0.717, 1.165) is 28.8 Å². The Morgan fingerprint density at radius 3 is 2.21 bits per heavy atom. The van der Waals surface area contributed by atoms with Gasteiger partial charge < -0.3 is 73.1 Å². The van der Waals surface area contributed by atoms with E-state index in [1.54, 1.807) is 54.5 Å². The van der Waals surface area contributed by atoms with Gasteiger partial charge in [-0.1, -0.05) is 27.7 Å². The lowest BCUT2D eigenvalue weighted by atomic mass is 9.74. The number of ketones is 1. The third-order valence-corrected chi connectivity index (χ3v) is 18.2. The molecule has 0 spiro atoms. The lowest BCUT2D eigenvalue weighted by Gasteiger charge is -2.50. The van der Waals surface area contributed by atoms with Gasteiger partial charge in [0.15, 0.2) is 18.7 Å². The molecule has 3 saturated heterocycles. The van der Waals surface area contributed by atoms with E-state index in [2.05, 4.69) is 11.4 Å². The van der Waals surface area contributed by atoms with Crippen LogP contribution in [0.2, 0.25) is 0 Å². The third-order valence-electron chi connectivity index (χ3n) is 17.3. The monoisotopic (exact) mass is 1120 g/mol. The van der Waals surface area contributed by atoms with E-state index < -0.39 is 119 Å². The second-order valence-electron chi connectivity index (χ2n) is 23.4. The van der Waals surface area contributed by atoms with Crippen molar-refractivity contribution in [2.45, 2.75) is 216 Å². The zero-order chi connectivity index (χ0) is 57.9. The Balaban J connectivity index is 1.19. The number of Topliss-reactive ketones (excluding diaryl/α,β-unsaturated/α-hetero) is 1. The van der Waals surface area contributed by atoms with Crippen LogP contribution in [-0.4, -0.2) is 185 Å². The fourth-order valence-corrected chi connectivity index (χ4v) is 13.3. The number of rotatable bonds is 17. The van der Waals surface area contributed by atoms with Crippen molar-refractivity contribution in [2.24, 2.45) is 23.7 Å². The Kier molecular flexibility index (Phi) is 21.3. The number of aromatic carboxylic acids is 1. The molecular weight excluding hydrogens is 1030 g/mol. The van der Waals surface area contributed by atoms with Crippen molar-refractivity contribution in [3.8, 4) is 0 Å². The number of nitrogens with one attached hydrogen (secondary N) is 1. The number of aliphatic hydroxyl groups excluding tert-OH is 2. The van der Waals surface area contributed by atoms with Crippen LogP contribution in [0.25, 0.3) is 10.9 Å². The molecule has 21 heteroatoms. The number of aryl methyl sites for hydroxylation is 1. The predicted molar refractivity (Wildman–Crippen MR) is 291 cm³/mol. The highest BCUT2D eigenvalue weighted by Crippen LogP contribution is 2.43. The van der Waals surface area contributed by atoms with E-state index in [-0.39, 0.29) is 55.2 Å². The average Bonchev–Trinajstić information content (AvgIpc) is 3.49. The first kappa shape index (κ1) is 63.6. The van der Waals surface area contributed by atoms with E-state index in [1.807, 2.05) is 44.3 Å². The van der Waals surface area contributed by atoms with Crippen LogP contribution < -0.4 is 10.7 Å². The number of cyclic esters (lactones) is 1. The van der Waals surface area contributed by atoms with Crippen LogP contribution in [0.1, 0.15) is 137 Å². The Hall–Kier alpha value is -3.58. The second kappa shape index (κ2) is 26.1. The van der Waals surface area contributed by atoms with Gasteiger partial charge in [-0.15, -0.1) is 11.8 Å². The number of esters is 2. The largest absolute Gasteiger partial charge is 0.477 e. The summed E-state index contributed by atoms with van der Waals surface area (Å²) in [5.41, 5.74) is -3.47. The predicted octanol–water partition coefficient (Wildman–Crippen LogP) is 5.28. The maximum absolute atomic E-state index is 14.6. The molecule has 0 aliphatic carbocycles. The molecule has 6 rings (SSSR count). The first-order valence-corrected chi connectivity index (χ1v) is 28.7. The van der Waals surface area contributed by atoms with Gasteiger partial charge in [0.1, 0.15) is 34.8 Å². The van der Waals surface area contributed by atoms with E-state index in [0.29, 0.717) is 30.6 Å². The molecule has 0 unspecified atom stereocenters. The number of pyridine rings is 1. The van der Waals surface area contributed by atoms with E-state index in [9.17, 15) is 44.4 Å². The number of hydrogen-bond donors (Lipinski definition) is 5. The van der Waals surface area contributed by atoms with Gasteiger partial charge >= 0.3 is 17.9 Å². The maximum Gasteiger partial charge on any atom is 0.341 e. The van der Waals surface area contributed by atoms with Crippen LogP contribution >= 0.6 is 11.8 Å². The summed E-state index contributed by atoms with van der Waals surface area (Å²) in [4.78, 5) is 70.3. The van der Waals surface area contributed by atoms with Crippen molar-refractivity contribution in [1.29, 1.82) is 0 Å². The van der Waals surface area contributed by atoms with Gasteiger partial charge in [0, 0.05) is 85.8 Å². The van der Waals surface area contributed by atoms with Crippen LogP contribution in [0.15, 0.2) is 28.0 Å². The van der Waals surface area contributed by atoms with E-state index in [1.165, 1.54) is 39.1 Å². The molecule has 5 heterocycles. The highest BCUT2D eigenvalue weighted by atomic mass is 32.2. The zero-order valence-electron chi connectivity index (χ0n) is 48.4. The van der Waals surface area contributed by atoms with E-state index >= 15 is 0 Å². The minimum Gasteiger partial charge on any atom is -0.477 e. The summed E-state index contributed by atoms with van der Waals surface area (Å²) in [7, 11) is 6.73. The Labute approximate surface area is 463 Å². The summed E-state index contributed by atoms with van der Waals surface area (Å²) in [6, 6.07) is 3.57. The van der Waals surface area contributed by atoms with Crippen molar-refractivity contribution < 1.29 is 77.5 Å². The number of nitrogens with zero attached hydrogens (tertiary/aromatic N) is 2. The quantitative estimate of drug-likeness (QED) is 0.0766. The third kappa shape index (κ3) is 13.7. The SMILES string of the molecule is CC[C@H]1OC(=O)[C@H](C)[C@@H](O[C@H]2C[C@@](C)(OC)[C@@H](OC(=O)CCNCCSc3cc4c5c(c3)c(=O)c(C(=O)O)cn5[C@@H](C)CC4)[C@H](C)O2)[C@H](C)[C@@H](O[C@H]2O[C@@H](C)C[C@@H](N(C)C)[C@@H]2O)[C@](C)(OC)C[C@@H](C)C(=O)[C@H](C)[C@@H](O)[C@]1(C)O. The Morgan fingerprint density at radius 1 is 0.910 bits per heavy atom. The molecule has 4 aliphatic heterocycles. The number of carbonyl (C=O) groups excluding carboxylic acids is 3. The average molecular weight is 1120 g/mol. The highest BCUT2D eigenvalue weighted by Gasteiger charge is 2.55. The van der Waals surface area contributed by atoms with Gasteiger partial charge in [0.05, 0.1) is 54.0 Å². The molecule has 2 aromatic rings. The van der Waals surface area contributed by atoms with Crippen molar-refractivity contribution in [3.05, 3.63) is 39.7 Å². The fourth-order valence-electron chi connectivity index (χ4n) is 12.4. The molecule has 19 atom stereocenters. The first-order chi connectivity index (χ1) is 36.5. The highest BCUT2D eigenvalue weighted by molar-refractivity contribution is 7.99. The number of methoxy groups -OCH3 is 2. The topological polar surface area (TPSA) is 260 Å². The number of carboxylic acid groups (broad SMARTS) is 1. The van der Waals surface area contributed by atoms with Gasteiger partial charge in [-0.2, -0.15) is 0 Å². The number of hydrogen-bond acceptors (Lipinski definition) is 19. The smallest absolute Gasteiger partial charge is 0.341 e. The number of carbonyl (C=O) groups is 4. The van der Waals surface area contributed by atoms with Crippen LogP contribution in [0.5, 0.6) is 0 Å². The molecule has 0 radical (unpaired) electrons. The molecule has 0 amide bonds. The lowest BCUT2D eigenvalue weighted by Crippen LogP contribution is -2.61. The van der Waals surface area contributed by atoms with Crippen LogP contribution in [0, 0.1) is 23.7 Å². The second-order valence-corrected chi connectivity index (χ2v) is 24.6. The number of aliphatic hydroxyl groups is 3. The normalized spacial score (nSPS) is 38.2. The number of carboxylic acids is 1. The van der Waals surface area contributed by atoms with Crippen molar-refractivity contribution in [1.82, 2.24) is 14.8 Å². The summed E-state index contributed by atoms with van der Waals surface area (Å²) in [6.45, 7) is 19.9. The van der Waals surface area contributed by atoms with Gasteiger partial charge in [-0.25, -0.2) is 4.79 Å². The molecule has 5 N–H and O–H groups in total. The zero-order valence-corrected chi connectivity index (χ0v) is 49.3. The van der Waals surface area contributed by atoms with Gasteiger partial charge in [-0.05, 0) is 112 Å². The summed E-state index contributed by atoms with van der Waals surface area (Å²) >= 11 is 1.53. The lowest BCUT2D eigenvalue weighted by molar-refractivity contribution is -0.320. The Bertz CT molecular complexity index is 2490. The molecule has 1 aromatic carbocycles. The van der Waals surface area contributed by atoms with Gasteiger partial charge in [0.2, 0.25) is 5.43 Å². The molecule has 0 bridgehead atoms. The molecule has 20 nitrogen and oxygen atoms in total. The fraction of sp³-hybridized carbons (Fsp3) is 0.772. The maximum atomic E-state index is 14.6. The van der Waals surface area contributed by atoms with Crippen LogP contribution in [0.3, 0.4) is 0 Å². The minimum absolute atomic E-state index is 0.0293. The van der Waals surface area contributed by atoms with E-state index in [4.69, 9.17) is 37.9 Å². The molecule has 3 fully saturated rings. The van der Waals surface area contributed by atoms with Gasteiger partial charge in [-0.3, -0.25) is 19.2 Å².